The van der Waals surface area contributed by atoms with Crippen LogP contribution in [0, 0.1) is 0 Å². The fourth-order valence-electron chi connectivity index (χ4n) is 6.82. The third-order valence-electron chi connectivity index (χ3n) is 8.16. The van der Waals surface area contributed by atoms with E-state index in [1.54, 1.807) is 0 Å². The maximum atomic E-state index is 2.46. The molecule has 0 aliphatic carbocycles. The van der Waals surface area contributed by atoms with Gasteiger partial charge in [0.2, 0.25) is 0 Å². The first-order valence-electron chi connectivity index (χ1n) is 14.7. The molecular formula is C36H44B-. The highest BCUT2D eigenvalue weighted by Gasteiger charge is 2.36. The number of benzene rings is 4. The van der Waals surface area contributed by atoms with Crippen LogP contribution < -0.4 is 21.9 Å². The normalized spacial score (nSPS) is 11.6. The highest BCUT2D eigenvalue weighted by molar-refractivity contribution is 7.20. The van der Waals surface area contributed by atoms with Gasteiger partial charge >= 0.3 is 0 Å². The zero-order chi connectivity index (χ0) is 26.1. The molecule has 0 saturated heterocycles. The predicted octanol–water partition coefficient (Wildman–Crippen LogP) is 6.87. The molecule has 0 amide bonds. The van der Waals surface area contributed by atoms with Crippen LogP contribution in [0.1, 0.15) is 75.6 Å². The van der Waals surface area contributed by atoms with Crippen LogP contribution in [-0.2, 0) is 25.7 Å². The largest absolute Gasteiger partial charge is 0.192 e. The molecule has 0 unspecified atom stereocenters. The quantitative estimate of drug-likeness (QED) is 0.191. The number of hydrogen-bond acceptors (Lipinski definition) is 0. The van der Waals surface area contributed by atoms with Crippen molar-refractivity contribution in [3.63, 3.8) is 0 Å². The second-order valence-electron chi connectivity index (χ2n) is 10.7. The SMILES string of the molecule is CCCc1ccccc1[B-](c1ccccc1CCC)(c1ccccc1CCC)c1ccccc1CCC. The van der Waals surface area contributed by atoms with Crippen LogP contribution in [0.4, 0.5) is 0 Å². The summed E-state index contributed by atoms with van der Waals surface area (Å²) < 4.78 is 0. The van der Waals surface area contributed by atoms with Gasteiger partial charge in [-0.1, -0.05) is 173 Å². The molecule has 0 aliphatic heterocycles. The Balaban J connectivity index is 2.27. The van der Waals surface area contributed by atoms with Gasteiger partial charge in [-0.3, -0.25) is 0 Å². The van der Waals surface area contributed by atoms with Gasteiger partial charge in [-0.25, -0.2) is 0 Å². The standard InChI is InChI=1S/C36H44B/c1-5-17-29-21-9-13-25-33(29)37(34-26-14-10-22-30(34)18-6-2,35-27-15-11-23-31(35)19-7-3)36-28-16-12-24-32(36)20-8-4/h9-16,21-28H,5-8,17-20H2,1-4H3/q-1. The van der Waals surface area contributed by atoms with Gasteiger partial charge in [0.1, 0.15) is 6.15 Å². The molecule has 1 heteroatoms. The van der Waals surface area contributed by atoms with Crippen molar-refractivity contribution < 1.29 is 0 Å². The van der Waals surface area contributed by atoms with E-state index in [4.69, 9.17) is 0 Å². The predicted molar refractivity (Wildman–Crippen MR) is 166 cm³/mol. The molecule has 0 nitrogen and oxygen atoms in total. The van der Waals surface area contributed by atoms with Crippen LogP contribution in [-0.4, -0.2) is 6.15 Å². The lowest BCUT2D eigenvalue weighted by molar-refractivity contribution is 0.920. The molecule has 0 bridgehead atoms. The van der Waals surface area contributed by atoms with Crippen molar-refractivity contribution in [2.75, 3.05) is 0 Å². The van der Waals surface area contributed by atoms with Crippen molar-refractivity contribution >= 4 is 28.0 Å². The number of hydrogen-bond donors (Lipinski definition) is 0. The molecule has 0 N–H and O–H groups in total. The van der Waals surface area contributed by atoms with Crippen LogP contribution >= 0.6 is 0 Å². The molecule has 37 heavy (non-hydrogen) atoms. The Morgan fingerprint density at radius 1 is 0.351 bits per heavy atom. The highest BCUT2D eigenvalue weighted by atomic mass is 14.2. The van der Waals surface area contributed by atoms with Crippen molar-refractivity contribution in [1.82, 2.24) is 0 Å². The van der Waals surface area contributed by atoms with Gasteiger partial charge in [0, 0.05) is 0 Å². The first kappa shape index (κ1) is 27.0. The summed E-state index contributed by atoms with van der Waals surface area (Å²) in [5.74, 6) is 0. The summed E-state index contributed by atoms with van der Waals surface area (Å²) in [6, 6.07) is 37.5. The van der Waals surface area contributed by atoms with Gasteiger partial charge in [-0.15, -0.1) is 0 Å². The third-order valence-corrected chi connectivity index (χ3v) is 8.16. The molecule has 0 fully saturated rings. The minimum Gasteiger partial charge on any atom is -0.192 e. The van der Waals surface area contributed by atoms with E-state index in [0.717, 1.165) is 51.4 Å². The molecular weight excluding hydrogens is 443 g/mol. The Bertz CT molecular complexity index is 1080. The van der Waals surface area contributed by atoms with Gasteiger partial charge in [0.25, 0.3) is 0 Å². The molecule has 0 aromatic heterocycles. The van der Waals surface area contributed by atoms with Gasteiger partial charge in [0.05, 0.1) is 0 Å². The number of rotatable bonds is 12. The number of aryl methyl sites for hydroxylation is 4. The van der Waals surface area contributed by atoms with Crippen molar-refractivity contribution in [2.45, 2.75) is 79.1 Å². The molecule has 192 valence electrons. The van der Waals surface area contributed by atoms with E-state index < -0.39 is 6.15 Å². The zero-order valence-corrected chi connectivity index (χ0v) is 23.5. The molecule has 4 rings (SSSR count). The molecule has 0 radical (unpaired) electrons. The molecule has 0 atom stereocenters. The summed E-state index contributed by atoms with van der Waals surface area (Å²) >= 11 is 0. The van der Waals surface area contributed by atoms with Crippen molar-refractivity contribution in [1.29, 1.82) is 0 Å². The fourth-order valence-corrected chi connectivity index (χ4v) is 6.82. The topological polar surface area (TPSA) is 0 Å². The average Bonchev–Trinajstić information content (AvgIpc) is 2.93. The summed E-state index contributed by atoms with van der Waals surface area (Å²) in [4.78, 5) is 0. The Kier molecular flexibility index (Phi) is 9.45. The van der Waals surface area contributed by atoms with E-state index in [1.165, 1.54) is 44.1 Å². The Morgan fingerprint density at radius 3 is 0.784 bits per heavy atom. The summed E-state index contributed by atoms with van der Waals surface area (Å²) in [7, 11) is 0. The van der Waals surface area contributed by atoms with Crippen LogP contribution in [0.5, 0.6) is 0 Å². The second-order valence-corrected chi connectivity index (χ2v) is 10.7. The van der Waals surface area contributed by atoms with Crippen LogP contribution in [0.15, 0.2) is 97.1 Å². The summed E-state index contributed by atoms with van der Waals surface area (Å²) in [6.07, 6.45) is 7.59. The first-order chi connectivity index (χ1) is 18.2. The van der Waals surface area contributed by atoms with Gasteiger partial charge < -0.3 is 0 Å². The second kappa shape index (κ2) is 13.0. The van der Waals surface area contributed by atoms with E-state index in [0.29, 0.717) is 0 Å². The van der Waals surface area contributed by atoms with Gasteiger partial charge in [-0.2, -0.15) is 21.9 Å². The first-order valence-corrected chi connectivity index (χ1v) is 14.7. The Morgan fingerprint density at radius 2 is 0.568 bits per heavy atom. The molecule has 0 saturated carbocycles. The van der Waals surface area contributed by atoms with Crippen LogP contribution in [0.2, 0.25) is 0 Å². The molecule has 0 aliphatic rings. The summed E-state index contributed by atoms with van der Waals surface area (Å²) in [5, 5.41) is 0. The average molecular weight is 488 g/mol. The van der Waals surface area contributed by atoms with Crippen molar-refractivity contribution in [2.24, 2.45) is 0 Å². The summed E-state index contributed by atoms with van der Waals surface area (Å²) in [5.41, 5.74) is 12.0. The smallest absolute Gasteiger partial charge is 0.109 e. The van der Waals surface area contributed by atoms with Crippen LogP contribution in [0.25, 0.3) is 0 Å². The minimum atomic E-state index is -1.38. The Hall–Kier alpha value is -3.06. The lowest BCUT2D eigenvalue weighted by Gasteiger charge is -2.49. The van der Waals surface area contributed by atoms with Crippen molar-refractivity contribution in [3.05, 3.63) is 119 Å². The van der Waals surface area contributed by atoms with E-state index >= 15 is 0 Å². The van der Waals surface area contributed by atoms with Gasteiger partial charge in [0.15, 0.2) is 0 Å². The van der Waals surface area contributed by atoms with E-state index in [-0.39, 0.29) is 0 Å². The molecule has 0 spiro atoms. The highest BCUT2D eigenvalue weighted by Crippen LogP contribution is 2.20. The monoisotopic (exact) mass is 487 g/mol. The minimum absolute atomic E-state index is 1.10. The molecule has 4 aromatic rings. The lowest BCUT2D eigenvalue weighted by Crippen LogP contribution is -2.77. The fraction of sp³-hybridized carbons (Fsp3) is 0.333. The van der Waals surface area contributed by atoms with Crippen LogP contribution in [0.3, 0.4) is 0 Å². The molecule has 4 aromatic carbocycles. The molecule has 0 heterocycles. The van der Waals surface area contributed by atoms with E-state index in [2.05, 4.69) is 125 Å². The van der Waals surface area contributed by atoms with E-state index in [9.17, 15) is 0 Å². The zero-order valence-electron chi connectivity index (χ0n) is 23.5. The van der Waals surface area contributed by atoms with Crippen molar-refractivity contribution in [3.8, 4) is 0 Å². The summed E-state index contributed by atoms with van der Waals surface area (Å²) in [6.45, 7) is 9.25. The third kappa shape index (κ3) is 5.33. The van der Waals surface area contributed by atoms with Gasteiger partial charge in [-0.05, 0) is 25.7 Å². The lowest BCUT2D eigenvalue weighted by atomic mass is 9.11. The maximum absolute atomic E-state index is 2.46. The van der Waals surface area contributed by atoms with E-state index in [1.807, 2.05) is 0 Å². The Labute approximate surface area is 226 Å². The maximum Gasteiger partial charge on any atom is 0.109 e.